The number of phenols is 1. The van der Waals surface area contributed by atoms with Crippen LogP contribution in [0, 0.1) is 10.1 Å². The molecule has 0 radical (unpaired) electrons. The standard InChI is InChI=1S/C15H13NO3/c17-15-9-5-4-8-13(15)11-14(16(18)19)10-12-6-2-1-3-7-12/h1-9,11,17H,10H2/b14-11-. The molecule has 0 fully saturated rings. The Bertz CT molecular complexity index is 606. The molecule has 0 aliphatic carbocycles. The highest BCUT2D eigenvalue weighted by atomic mass is 16.6. The van der Waals surface area contributed by atoms with Crippen molar-refractivity contribution in [2.45, 2.75) is 6.42 Å². The van der Waals surface area contributed by atoms with E-state index in [4.69, 9.17) is 0 Å². The van der Waals surface area contributed by atoms with Crippen molar-refractivity contribution in [3.05, 3.63) is 81.5 Å². The average molecular weight is 255 g/mol. The number of allylic oxidation sites excluding steroid dienone is 1. The first-order chi connectivity index (χ1) is 9.16. The van der Waals surface area contributed by atoms with Gasteiger partial charge < -0.3 is 5.11 Å². The molecule has 0 spiro atoms. The Kier molecular flexibility index (Phi) is 3.93. The largest absolute Gasteiger partial charge is 0.507 e. The third-order valence-corrected chi connectivity index (χ3v) is 2.72. The molecule has 0 saturated carbocycles. The van der Waals surface area contributed by atoms with E-state index in [-0.39, 0.29) is 17.9 Å². The molecule has 19 heavy (non-hydrogen) atoms. The lowest BCUT2D eigenvalue weighted by atomic mass is 10.1. The van der Waals surface area contributed by atoms with E-state index in [9.17, 15) is 15.2 Å². The van der Waals surface area contributed by atoms with Crippen molar-refractivity contribution < 1.29 is 10.0 Å². The molecule has 2 aromatic carbocycles. The number of hydrogen-bond acceptors (Lipinski definition) is 3. The third-order valence-electron chi connectivity index (χ3n) is 2.72. The zero-order chi connectivity index (χ0) is 13.7. The maximum absolute atomic E-state index is 11.1. The van der Waals surface area contributed by atoms with Gasteiger partial charge in [0, 0.05) is 11.6 Å². The molecule has 0 amide bonds. The van der Waals surface area contributed by atoms with Crippen LogP contribution < -0.4 is 0 Å². The zero-order valence-electron chi connectivity index (χ0n) is 10.2. The summed E-state index contributed by atoms with van der Waals surface area (Å²) in [5, 5.41) is 20.7. The lowest BCUT2D eigenvalue weighted by Crippen LogP contribution is -2.02. The molecule has 1 N–H and O–H groups in total. The summed E-state index contributed by atoms with van der Waals surface area (Å²) in [5.41, 5.74) is 1.36. The molecule has 0 aliphatic heterocycles. The minimum absolute atomic E-state index is 0.0370. The first kappa shape index (κ1) is 12.8. The van der Waals surface area contributed by atoms with Gasteiger partial charge in [0.05, 0.1) is 11.3 Å². The number of rotatable bonds is 4. The van der Waals surface area contributed by atoms with Crippen LogP contribution in [-0.2, 0) is 6.42 Å². The van der Waals surface area contributed by atoms with Gasteiger partial charge in [0.1, 0.15) is 5.75 Å². The average Bonchev–Trinajstić information content (AvgIpc) is 2.41. The Hall–Kier alpha value is -2.62. The van der Waals surface area contributed by atoms with Gasteiger partial charge in [0.25, 0.3) is 5.70 Å². The molecular formula is C15H13NO3. The number of aromatic hydroxyl groups is 1. The molecule has 0 aromatic heterocycles. The van der Waals surface area contributed by atoms with E-state index in [1.807, 2.05) is 30.3 Å². The Morgan fingerprint density at radius 3 is 2.37 bits per heavy atom. The van der Waals surface area contributed by atoms with E-state index >= 15 is 0 Å². The van der Waals surface area contributed by atoms with Gasteiger partial charge in [-0.05, 0) is 11.6 Å². The van der Waals surface area contributed by atoms with Crippen LogP contribution in [0.2, 0.25) is 0 Å². The third kappa shape index (κ3) is 3.42. The summed E-state index contributed by atoms with van der Waals surface area (Å²) in [4.78, 5) is 10.7. The van der Waals surface area contributed by atoms with Crippen molar-refractivity contribution in [3.8, 4) is 5.75 Å². The Morgan fingerprint density at radius 1 is 1.11 bits per heavy atom. The van der Waals surface area contributed by atoms with Crippen LogP contribution >= 0.6 is 0 Å². The Balaban J connectivity index is 2.31. The minimum Gasteiger partial charge on any atom is -0.507 e. The number of phenolic OH excluding ortho intramolecular Hbond substituents is 1. The number of hydrogen-bond donors (Lipinski definition) is 1. The first-order valence-electron chi connectivity index (χ1n) is 5.83. The number of para-hydroxylation sites is 1. The first-order valence-corrected chi connectivity index (χ1v) is 5.83. The quantitative estimate of drug-likeness (QED) is 0.673. The number of nitrogens with zero attached hydrogens (tertiary/aromatic N) is 1. The molecule has 0 aliphatic rings. The predicted molar refractivity (Wildman–Crippen MR) is 73.2 cm³/mol. The van der Waals surface area contributed by atoms with E-state index in [0.717, 1.165) is 5.56 Å². The van der Waals surface area contributed by atoms with Crippen molar-refractivity contribution in [2.75, 3.05) is 0 Å². The fourth-order valence-corrected chi connectivity index (χ4v) is 1.76. The molecule has 2 rings (SSSR count). The summed E-state index contributed by atoms with van der Waals surface area (Å²) in [6.45, 7) is 0. The van der Waals surface area contributed by atoms with Crippen molar-refractivity contribution in [3.63, 3.8) is 0 Å². The van der Waals surface area contributed by atoms with Gasteiger partial charge in [-0.25, -0.2) is 0 Å². The molecule has 0 bridgehead atoms. The van der Waals surface area contributed by atoms with Gasteiger partial charge in [0.15, 0.2) is 0 Å². The summed E-state index contributed by atoms with van der Waals surface area (Å²) in [7, 11) is 0. The van der Waals surface area contributed by atoms with Gasteiger partial charge in [-0.1, -0.05) is 48.5 Å². The van der Waals surface area contributed by atoms with Crippen LogP contribution in [0.5, 0.6) is 5.75 Å². The van der Waals surface area contributed by atoms with E-state index in [1.54, 1.807) is 18.2 Å². The lowest BCUT2D eigenvalue weighted by molar-refractivity contribution is -0.425. The van der Waals surface area contributed by atoms with E-state index < -0.39 is 4.92 Å². The molecule has 4 heteroatoms. The van der Waals surface area contributed by atoms with Crippen LogP contribution in [0.4, 0.5) is 0 Å². The summed E-state index contributed by atoms with van der Waals surface area (Å²) < 4.78 is 0. The fraction of sp³-hybridized carbons (Fsp3) is 0.0667. The summed E-state index contributed by atoms with van der Waals surface area (Å²) in [6.07, 6.45) is 1.63. The van der Waals surface area contributed by atoms with Gasteiger partial charge >= 0.3 is 0 Å². The maximum atomic E-state index is 11.1. The van der Waals surface area contributed by atoms with Crippen LogP contribution in [0.3, 0.4) is 0 Å². The Labute approximate surface area is 110 Å². The highest BCUT2D eigenvalue weighted by Crippen LogP contribution is 2.20. The SMILES string of the molecule is O=[N+]([O-])/C(=C\c1ccccc1O)Cc1ccccc1. The summed E-state index contributed by atoms with van der Waals surface area (Å²) in [6, 6.07) is 15.8. The number of benzene rings is 2. The topological polar surface area (TPSA) is 63.4 Å². The second-order valence-corrected chi connectivity index (χ2v) is 4.11. The minimum atomic E-state index is -0.417. The lowest BCUT2D eigenvalue weighted by Gasteiger charge is -2.01. The molecule has 2 aromatic rings. The van der Waals surface area contributed by atoms with Crippen LogP contribution in [0.25, 0.3) is 6.08 Å². The van der Waals surface area contributed by atoms with E-state index in [0.29, 0.717) is 5.56 Å². The zero-order valence-corrected chi connectivity index (χ0v) is 10.2. The molecule has 0 saturated heterocycles. The van der Waals surface area contributed by atoms with Crippen molar-refractivity contribution in [1.82, 2.24) is 0 Å². The normalized spacial score (nSPS) is 11.3. The fourth-order valence-electron chi connectivity index (χ4n) is 1.76. The second-order valence-electron chi connectivity index (χ2n) is 4.11. The Morgan fingerprint density at radius 2 is 1.74 bits per heavy atom. The van der Waals surface area contributed by atoms with Gasteiger partial charge in [-0.2, -0.15) is 0 Å². The highest BCUT2D eigenvalue weighted by molar-refractivity contribution is 5.58. The van der Waals surface area contributed by atoms with Crippen LogP contribution in [-0.4, -0.2) is 10.0 Å². The van der Waals surface area contributed by atoms with Crippen molar-refractivity contribution >= 4 is 6.08 Å². The predicted octanol–water partition coefficient (Wildman–Crippen LogP) is 3.25. The van der Waals surface area contributed by atoms with Crippen LogP contribution in [0.15, 0.2) is 60.3 Å². The molecular weight excluding hydrogens is 242 g/mol. The van der Waals surface area contributed by atoms with E-state index in [2.05, 4.69) is 0 Å². The molecule has 4 nitrogen and oxygen atoms in total. The van der Waals surface area contributed by atoms with Crippen molar-refractivity contribution in [1.29, 1.82) is 0 Å². The monoisotopic (exact) mass is 255 g/mol. The maximum Gasteiger partial charge on any atom is 0.251 e. The highest BCUT2D eigenvalue weighted by Gasteiger charge is 2.12. The molecule has 0 unspecified atom stereocenters. The summed E-state index contributed by atoms with van der Waals surface area (Å²) >= 11 is 0. The molecule has 0 heterocycles. The van der Waals surface area contributed by atoms with Gasteiger partial charge in [0.2, 0.25) is 0 Å². The van der Waals surface area contributed by atoms with E-state index in [1.165, 1.54) is 12.1 Å². The smallest absolute Gasteiger partial charge is 0.251 e. The molecule has 96 valence electrons. The van der Waals surface area contributed by atoms with Gasteiger partial charge in [-0.3, -0.25) is 10.1 Å². The molecule has 0 atom stereocenters. The van der Waals surface area contributed by atoms with Gasteiger partial charge in [-0.15, -0.1) is 0 Å². The summed E-state index contributed by atoms with van der Waals surface area (Å²) in [5.74, 6) is 0.0370. The second kappa shape index (κ2) is 5.82. The number of nitro groups is 1. The van der Waals surface area contributed by atoms with Crippen LogP contribution in [0.1, 0.15) is 11.1 Å². The van der Waals surface area contributed by atoms with Crippen molar-refractivity contribution in [2.24, 2.45) is 0 Å².